The van der Waals surface area contributed by atoms with Crippen LogP contribution in [0.25, 0.3) is 11.6 Å². The third-order valence-corrected chi connectivity index (χ3v) is 2.75. The van der Waals surface area contributed by atoms with E-state index in [1.807, 2.05) is 12.1 Å². The molecule has 1 heteroatoms. The van der Waals surface area contributed by atoms with Crippen LogP contribution in [0, 0.1) is 0 Å². The fourth-order valence-electron chi connectivity index (χ4n) is 2.08. The normalized spacial score (nSPS) is 17.1. The maximum absolute atomic E-state index is 5.75. The lowest BCUT2D eigenvalue weighted by Crippen LogP contribution is -2.22. The Hall–Kier alpha value is -1.76. The highest BCUT2D eigenvalue weighted by atomic mass is 14.5. The van der Waals surface area contributed by atoms with E-state index in [9.17, 15) is 0 Å². The van der Waals surface area contributed by atoms with Crippen LogP contribution in [0.15, 0.2) is 42.0 Å². The molecule has 0 heterocycles. The van der Waals surface area contributed by atoms with Crippen LogP contribution in [-0.2, 0) is 0 Å². The molecule has 0 saturated heterocycles. The van der Waals surface area contributed by atoms with Gasteiger partial charge in [-0.05, 0) is 46.2 Å². The average molecular weight is 181 g/mol. The van der Waals surface area contributed by atoms with Gasteiger partial charge < -0.3 is 5.73 Å². The molecule has 2 aliphatic carbocycles. The van der Waals surface area contributed by atoms with Crippen molar-refractivity contribution in [3.63, 3.8) is 0 Å². The summed E-state index contributed by atoms with van der Waals surface area (Å²) in [5.41, 5.74) is 9.27. The average Bonchev–Trinajstić information content (AvgIpc) is 2.54. The molecular weight excluding hydrogens is 170 g/mol. The van der Waals surface area contributed by atoms with E-state index in [1.165, 1.54) is 21.6 Å². The van der Waals surface area contributed by atoms with E-state index in [2.05, 4.69) is 30.4 Å². The first kappa shape index (κ1) is 7.63. The third-order valence-electron chi connectivity index (χ3n) is 2.75. The second-order valence-corrected chi connectivity index (χ2v) is 3.70. The fraction of sp³-hybridized carbons (Fsp3) is 0.0769. The molecule has 0 amide bonds. The van der Waals surface area contributed by atoms with E-state index in [4.69, 9.17) is 5.73 Å². The smallest absolute Gasteiger partial charge is 0.0320 e. The number of benzene rings is 1. The predicted octanol–water partition coefficient (Wildman–Crippen LogP) is 1.10. The molecule has 2 aliphatic rings. The quantitative estimate of drug-likeness (QED) is 0.596. The number of hydrogen-bond donors (Lipinski definition) is 1. The second kappa shape index (κ2) is 2.61. The zero-order valence-corrected chi connectivity index (χ0v) is 7.83. The van der Waals surface area contributed by atoms with E-state index in [-0.39, 0.29) is 0 Å². The third kappa shape index (κ3) is 0.956. The van der Waals surface area contributed by atoms with Gasteiger partial charge in [-0.15, -0.1) is 0 Å². The van der Waals surface area contributed by atoms with Gasteiger partial charge in [-0.2, -0.15) is 0 Å². The largest absolute Gasteiger partial charge is 0.399 e. The SMILES string of the molecule is Nc1ccc2c(c1)=CC1=CCC=CC=21. The van der Waals surface area contributed by atoms with Crippen molar-refractivity contribution in [1.29, 1.82) is 0 Å². The molecule has 68 valence electrons. The molecule has 3 rings (SSSR count). The summed E-state index contributed by atoms with van der Waals surface area (Å²) < 4.78 is 0. The summed E-state index contributed by atoms with van der Waals surface area (Å²) >= 11 is 0. The van der Waals surface area contributed by atoms with Gasteiger partial charge in [0.2, 0.25) is 0 Å². The van der Waals surface area contributed by atoms with Crippen molar-refractivity contribution >= 4 is 17.3 Å². The molecule has 0 spiro atoms. The molecule has 1 nitrogen and oxygen atoms in total. The van der Waals surface area contributed by atoms with Crippen LogP contribution in [0.3, 0.4) is 0 Å². The maximum atomic E-state index is 5.75. The van der Waals surface area contributed by atoms with Crippen LogP contribution in [0.4, 0.5) is 5.69 Å². The Balaban J connectivity index is 2.45. The van der Waals surface area contributed by atoms with Crippen molar-refractivity contribution in [2.45, 2.75) is 6.42 Å². The van der Waals surface area contributed by atoms with Crippen LogP contribution < -0.4 is 16.2 Å². The van der Waals surface area contributed by atoms with Crippen LogP contribution in [0.5, 0.6) is 0 Å². The van der Waals surface area contributed by atoms with Crippen LogP contribution in [-0.4, -0.2) is 0 Å². The zero-order valence-electron chi connectivity index (χ0n) is 7.83. The molecule has 14 heavy (non-hydrogen) atoms. The molecule has 0 aromatic heterocycles. The number of nitrogens with two attached hydrogens (primary N) is 1. The molecule has 1 aromatic rings. The van der Waals surface area contributed by atoms with Crippen molar-refractivity contribution < 1.29 is 0 Å². The van der Waals surface area contributed by atoms with Gasteiger partial charge in [-0.3, -0.25) is 0 Å². The van der Waals surface area contributed by atoms with Gasteiger partial charge in [0.15, 0.2) is 0 Å². The van der Waals surface area contributed by atoms with Gasteiger partial charge >= 0.3 is 0 Å². The molecule has 0 saturated carbocycles. The topological polar surface area (TPSA) is 26.0 Å². The molecule has 1 aromatic carbocycles. The van der Waals surface area contributed by atoms with Gasteiger partial charge in [-0.1, -0.05) is 24.3 Å². The number of rotatable bonds is 0. The van der Waals surface area contributed by atoms with Crippen molar-refractivity contribution in [2.75, 3.05) is 5.73 Å². The molecule has 0 unspecified atom stereocenters. The number of nitrogen functional groups attached to an aromatic ring is 1. The summed E-state index contributed by atoms with van der Waals surface area (Å²) in [5.74, 6) is 0. The minimum absolute atomic E-state index is 0.837. The molecule has 2 N–H and O–H groups in total. The summed E-state index contributed by atoms with van der Waals surface area (Å²) in [6.45, 7) is 0. The molecule has 0 bridgehead atoms. The van der Waals surface area contributed by atoms with Crippen molar-refractivity contribution in [3.8, 4) is 0 Å². The monoisotopic (exact) mass is 181 g/mol. The zero-order chi connectivity index (χ0) is 9.54. The molecule has 0 fully saturated rings. The summed E-state index contributed by atoms with van der Waals surface area (Å²) in [7, 11) is 0. The molecule has 0 radical (unpaired) electrons. The van der Waals surface area contributed by atoms with E-state index >= 15 is 0 Å². The summed E-state index contributed by atoms with van der Waals surface area (Å²) in [5, 5.41) is 2.55. The van der Waals surface area contributed by atoms with E-state index in [1.54, 1.807) is 0 Å². The Morgan fingerprint density at radius 1 is 1.21 bits per heavy atom. The number of hydrogen-bond acceptors (Lipinski definition) is 1. The first-order valence-electron chi connectivity index (χ1n) is 4.83. The lowest BCUT2D eigenvalue weighted by atomic mass is 10.0. The maximum Gasteiger partial charge on any atom is 0.0320 e. The highest BCUT2D eigenvalue weighted by Gasteiger charge is 2.09. The minimum atomic E-state index is 0.837. The Bertz CT molecular complexity index is 574. The van der Waals surface area contributed by atoms with Crippen LogP contribution >= 0.6 is 0 Å². The number of anilines is 1. The fourth-order valence-corrected chi connectivity index (χ4v) is 2.08. The lowest BCUT2D eigenvalue weighted by molar-refractivity contribution is 1.35. The van der Waals surface area contributed by atoms with E-state index in [0.29, 0.717) is 0 Å². The molecular formula is C13H11N. The summed E-state index contributed by atoms with van der Waals surface area (Å²) in [6.07, 6.45) is 9.90. The van der Waals surface area contributed by atoms with Crippen molar-refractivity contribution in [3.05, 3.63) is 52.4 Å². The van der Waals surface area contributed by atoms with Crippen molar-refractivity contribution in [2.24, 2.45) is 0 Å². The van der Waals surface area contributed by atoms with Gasteiger partial charge in [0.05, 0.1) is 0 Å². The Morgan fingerprint density at radius 3 is 3.07 bits per heavy atom. The van der Waals surface area contributed by atoms with Crippen LogP contribution in [0.2, 0.25) is 0 Å². The van der Waals surface area contributed by atoms with E-state index in [0.717, 1.165) is 12.1 Å². The van der Waals surface area contributed by atoms with Crippen LogP contribution in [0.1, 0.15) is 6.42 Å². The van der Waals surface area contributed by atoms with Gasteiger partial charge in [0, 0.05) is 5.69 Å². The van der Waals surface area contributed by atoms with Gasteiger partial charge in [-0.25, -0.2) is 0 Å². The lowest BCUT2D eigenvalue weighted by Gasteiger charge is -2.03. The highest BCUT2D eigenvalue weighted by Crippen LogP contribution is 2.21. The van der Waals surface area contributed by atoms with Crippen molar-refractivity contribution in [1.82, 2.24) is 0 Å². The first-order valence-corrected chi connectivity index (χ1v) is 4.83. The Morgan fingerprint density at radius 2 is 2.14 bits per heavy atom. The van der Waals surface area contributed by atoms with E-state index < -0.39 is 0 Å². The number of fused-ring (bicyclic) bond motifs is 2. The molecule has 0 aliphatic heterocycles. The minimum Gasteiger partial charge on any atom is -0.399 e. The standard InChI is InChI=1S/C13H11N/c14-11-5-6-13-10(8-11)7-9-3-1-2-4-12(9)13/h2-8H,1,14H2. The number of allylic oxidation sites excluding steroid dienone is 4. The summed E-state index contributed by atoms with van der Waals surface area (Å²) in [6, 6.07) is 6.10. The second-order valence-electron chi connectivity index (χ2n) is 3.70. The Labute approximate surface area is 82.6 Å². The first-order chi connectivity index (χ1) is 6.84. The predicted molar refractivity (Wildman–Crippen MR) is 59.8 cm³/mol. The highest BCUT2D eigenvalue weighted by molar-refractivity contribution is 5.88. The summed E-state index contributed by atoms with van der Waals surface area (Å²) in [4.78, 5) is 0. The Kier molecular flexibility index (Phi) is 1.42. The van der Waals surface area contributed by atoms with Gasteiger partial charge in [0.1, 0.15) is 0 Å². The molecule has 0 atom stereocenters. The van der Waals surface area contributed by atoms with Gasteiger partial charge in [0.25, 0.3) is 0 Å².